The summed E-state index contributed by atoms with van der Waals surface area (Å²) in [5, 5.41) is 12.0. The second-order valence-corrected chi connectivity index (χ2v) is 6.76. The molecule has 0 aliphatic rings. The molecule has 0 saturated heterocycles. The van der Waals surface area contributed by atoms with E-state index in [4.69, 9.17) is 5.11 Å². The second-order valence-electron chi connectivity index (χ2n) is 5.73. The van der Waals surface area contributed by atoms with Gasteiger partial charge in [0.05, 0.1) is 16.6 Å². The summed E-state index contributed by atoms with van der Waals surface area (Å²) in [5.41, 5.74) is 1.13. The normalized spacial score (nSPS) is 12.1. The number of hydrogen-bond acceptors (Lipinski definition) is 4. The highest BCUT2D eigenvalue weighted by Crippen LogP contribution is 2.28. The zero-order valence-corrected chi connectivity index (χ0v) is 14.2. The van der Waals surface area contributed by atoms with E-state index in [0.717, 1.165) is 11.3 Å². The number of carbonyl (C=O) groups is 2. The van der Waals surface area contributed by atoms with Gasteiger partial charge in [-0.2, -0.15) is 0 Å². The van der Waals surface area contributed by atoms with Gasteiger partial charge in [-0.05, 0) is 35.9 Å². The van der Waals surface area contributed by atoms with Crippen LogP contribution in [0.2, 0.25) is 0 Å². The van der Waals surface area contributed by atoms with Crippen LogP contribution in [0.25, 0.3) is 10.2 Å². The Labute approximate surface area is 151 Å². The smallest absolute Gasteiger partial charge is 0.303 e. The van der Waals surface area contributed by atoms with Crippen LogP contribution < -0.4 is 5.32 Å². The predicted molar refractivity (Wildman–Crippen MR) is 94.2 cm³/mol. The number of nitrogens with zero attached hydrogens (tertiary/aromatic N) is 1. The van der Waals surface area contributed by atoms with Crippen molar-refractivity contribution in [3.63, 3.8) is 0 Å². The number of carboxylic acid groups (broad SMARTS) is 1. The molecule has 0 fully saturated rings. The average molecular weight is 376 g/mol. The summed E-state index contributed by atoms with van der Waals surface area (Å²) in [6.45, 7) is 0. The summed E-state index contributed by atoms with van der Waals surface area (Å²) in [6, 6.07) is 9.52. The number of amides is 1. The number of rotatable bonds is 6. The van der Waals surface area contributed by atoms with Crippen LogP contribution in [0.15, 0.2) is 42.5 Å². The maximum absolute atomic E-state index is 13.2. The van der Waals surface area contributed by atoms with Crippen molar-refractivity contribution in [2.75, 3.05) is 5.32 Å². The van der Waals surface area contributed by atoms with Gasteiger partial charge in [-0.3, -0.25) is 9.59 Å². The predicted octanol–water partition coefficient (Wildman–Crippen LogP) is 4.16. The number of anilines is 1. The molecule has 2 N–H and O–H groups in total. The Kier molecular flexibility index (Phi) is 5.22. The number of carbonyl (C=O) groups excluding carboxylic acids is 1. The molecule has 26 heavy (non-hydrogen) atoms. The van der Waals surface area contributed by atoms with E-state index in [1.54, 1.807) is 0 Å². The number of halogens is 2. The third-order valence-corrected chi connectivity index (χ3v) is 4.72. The summed E-state index contributed by atoms with van der Waals surface area (Å²) >= 11 is 1.13. The summed E-state index contributed by atoms with van der Waals surface area (Å²) in [4.78, 5) is 27.6. The SMILES string of the molecule is O=C(O)CC(CC(=O)Nc1nc2ccc(F)cc2s1)c1ccc(F)cc1. The highest BCUT2D eigenvalue weighted by molar-refractivity contribution is 7.22. The molecule has 5 nitrogen and oxygen atoms in total. The van der Waals surface area contributed by atoms with Crippen molar-refractivity contribution in [1.29, 1.82) is 0 Å². The summed E-state index contributed by atoms with van der Waals surface area (Å²) < 4.78 is 26.9. The van der Waals surface area contributed by atoms with Gasteiger partial charge in [0.15, 0.2) is 5.13 Å². The Hall–Kier alpha value is -2.87. The van der Waals surface area contributed by atoms with Gasteiger partial charge in [-0.15, -0.1) is 0 Å². The fraction of sp³-hybridized carbons (Fsp3) is 0.167. The lowest BCUT2D eigenvalue weighted by Gasteiger charge is -2.14. The van der Waals surface area contributed by atoms with E-state index in [1.165, 1.54) is 42.5 Å². The van der Waals surface area contributed by atoms with E-state index in [9.17, 15) is 18.4 Å². The number of hydrogen-bond donors (Lipinski definition) is 2. The molecule has 3 aromatic rings. The molecule has 0 bridgehead atoms. The molecule has 134 valence electrons. The van der Waals surface area contributed by atoms with Gasteiger partial charge in [0.2, 0.25) is 5.91 Å². The molecule has 0 spiro atoms. The van der Waals surface area contributed by atoms with E-state index in [1.807, 2.05) is 0 Å². The van der Waals surface area contributed by atoms with Crippen molar-refractivity contribution in [2.24, 2.45) is 0 Å². The van der Waals surface area contributed by atoms with Crippen molar-refractivity contribution in [1.82, 2.24) is 4.98 Å². The maximum atomic E-state index is 13.2. The Bertz CT molecular complexity index is 957. The minimum absolute atomic E-state index is 0.0950. The van der Waals surface area contributed by atoms with Crippen molar-refractivity contribution in [3.05, 3.63) is 59.7 Å². The molecule has 1 atom stereocenters. The molecular weight excluding hydrogens is 362 g/mol. The highest BCUT2D eigenvalue weighted by Gasteiger charge is 2.20. The topological polar surface area (TPSA) is 79.3 Å². The number of aliphatic carboxylic acids is 1. The van der Waals surface area contributed by atoms with Crippen LogP contribution in [0.3, 0.4) is 0 Å². The van der Waals surface area contributed by atoms with E-state index in [-0.39, 0.29) is 12.8 Å². The molecule has 1 amide bonds. The Morgan fingerprint density at radius 3 is 2.46 bits per heavy atom. The fourth-order valence-corrected chi connectivity index (χ4v) is 3.51. The molecule has 8 heteroatoms. The Morgan fingerprint density at radius 1 is 1.08 bits per heavy atom. The Morgan fingerprint density at radius 2 is 1.77 bits per heavy atom. The van der Waals surface area contributed by atoms with Crippen molar-refractivity contribution < 1.29 is 23.5 Å². The van der Waals surface area contributed by atoms with E-state index in [2.05, 4.69) is 10.3 Å². The molecule has 0 aliphatic carbocycles. The van der Waals surface area contributed by atoms with Crippen LogP contribution in [0, 0.1) is 11.6 Å². The van der Waals surface area contributed by atoms with Gasteiger partial charge in [0.1, 0.15) is 11.6 Å². The number of fused-ring (bicyclic) bond motifs is 1. The standard InChI is InChI=1S/C18H14F2N2O3S/c19-12-3-1-10(2-4-12)11(8-17(24)25)7-16(23)22-18-21-14-6-5-13(20)9-15(14)26-18/h1-6,9,11H,7-8H2,(H,24,25)(H,21,22,23). The molecule has 3 rings (SSSR count). The number of aromatic nitrogens is 1. The highest BCUT2D eigenvalue weighted by atomic mass is 32.1. The van der Waals surface area contributed by atoms with Crippen molar-refractivity contribution in [2.45, 2.75) is 18.8 Å². The minimum atomic E-state index is -1.05. The van der Waals surface area contributed by atoms with Crippen LogP contribution in [0.4, 0.5) is 13.9 Å². The zero-order valence-electron chi connectivity index (χ0n) is 13.4. The summed E-state index contributed by atoms with van der Waals surface area (Å²) in [7, 11) is 0. The zero-order chi connectivity index (χ0) is 18.7. The van der Waals surface area contributed by atoms with Crippen LogP contribution in [-0.4, -0.2) is 22.0 Å². The van der Waals surface area contributed by atoms with Gasteiger partial charge in [0, 0.05) is 12.3 Å². The van der Waals surface area contributed by atoms with E-state index in [0.29, 0.717) is 20.9 Å². The van der Waals surface area contributed by atoms with Crippen LogP contribution in [0.1, 0.15) is 24.3 Å². The first-order valence-corrected chi connectivity index (χ1v) is 8.55. The average Bonchev–Trinajstić information content (AvgIpc) is 2.95. The molecule has 0 aliphatic heterocycles. The van der Waals surface area contributed by atoms with Gasteiger partial charge >= 0.3 is 5.97 Å². The molecule has 0 radical (unpaired) electrons. The van der Waals surface area contributed by atoms with Crippen LogP contribution in [-0.2, 0) is 9.59 Å². The lowest BCUT2D eigenvalue weighted by molar-refractivity contribution is -0.137. The molecule has 1 unspecified atom stereocenters. The summed E-state index contributed by atoms with van der Waals surface area (Å²) in [5.74, 6) is -2.89. The maximum Gasteiger partial charge on any atom is 0.303 e. The third kappa shape index (κ3) is 4.40. The lowest BCUT2D eigenvalue weighted by Crippen LogP contribution is -2.17. The van der Waals surface area contributed by atoms with Crippen LogP contribution >= 0.6 is 11.3 Å². The van der Waals surface area contributed by atoms with E-state index < -0.39 is 29.4 Å². The number of thiazole rings is 1. The van der Waals surface area contributed by atoms with E-state index >= 15 is 0 Å². The number of nitrogens with one attached hydrogen (secondary N) is 1. The van der Waals surface area contributed by atoms with Gasteiger partial charge in [-0.1, -0.05) is 23.5 Å². The quantitative estimate of drug-likeness (QED) is 0.677. The first-order valence-electron chi connectivity index (χ1n) is 7.74. The van der Waals surface area contributed by atoms with Gasteiger partial charge in [0.25, 0.3) is 0 Å². The first-order chi connectivity index (χ1) is 12.4. The minimum Gasteiger partial charge on any atom is -0.481 e. The second kappa shape index (κ2) is 7.57. The molecule has 1 heterocycles. The monoisotopic (exact) mass is 376 g/mol. The van der Waals surface area contributed by atoms with Gasteiger partial charge < -0.3 is 10.4 Å². The van der Waals surface area contributed by atoms with Crippen LogP contribution in [0.5, 0.6) is 0 Å². The van der Waals surface area contributed by atoms with Crippen molar-refractivity contribution in [3.8, 4) is 0 Å². The third-order valence-electron chi connectivity index (χ3n) is 3.79. The largest absolute Gasteiger partial charge is 0.481 e. The summed E-state index contributed by atoms with van der Waals surface area (Å²) in [6.07, 6.45) is -0.355. The first kappa shape index (κ1) is 17.9. The van der Waals surface area contributed by atoms with Gasteiger partial charge in [-0.25, -0.2) is 13.8 Å². The molecular formula is C18H14F2N2O3S. The lowest BCUT2D eigenvalue weighted by atomic mass is 9.92. The molecule has 0 saturated carbocycles. The van der Waals surface area contributed by atoms with Crippen molar-refractivity contribution >= 4 is 38.6 Å². The molecule has 2 aromatic carbocycles. The number of carboxylic acids is 1. The molecule has 1 aromatic heterocycles. The fourth-order valence-electron chi connectivity index (χ4n) is 2.60. The Balaban J connectivity index is 1.73. The number of benzene rings is 2.